The maximum Gasteiger partial charge on any atom is 0.241 e. The molecule has 1 atom stereocenters. The summed E-state index contributed by atoms with van der Waals surface area (Å²) in [6.45, 7) is 11.7. The Morgan fingerprint density at radius 2 is 1.94 bits per heavy atom. The molecule has 1 fully saturated rings. The van der Waals surface area contributed by atoms with Crippen molar-refractivity contribution >= 4 is 17.7 Å². The molecule has 1 N–H and O–H groups in total. The summed E-state index contributed by atoms with van der Waals surface area (Å²) in [4.78, 5) is 19.6. The fourth-order valence-electron chi connectivity index (χ4n) is 4.50. The lowest BCUT2D eigenvalue weighted by atomic mass is 9.87. The molecule has 1 aliphatic heterocycles. The van der Waals surface area contributed by atoms with Gasteiger partial charge in [0.2, 0.25) is 17.6 Å². The number of aryl methyl sites for hydroxylation is 1. The second kappa shape index (κ2) is 12.1. The highest BCUT2D eigenvalue weighted by atomic mass is 32.2. The first-order chi connectivity index (χ1) is 17.3. The number of nitrogens with one attached hydrogen (secondary N) is 1. The summed E-state index contributed by atoms with van der Waals surface area (Å²) in [6, 6.07) is 16.8. The third kappa shape index (κ3) is 7.20. The van der Waals surface area contributed by atoms with Crippen molar-refractivity contribution in [3.8, 4) is 11.4 Å². The molecule has 0 radical (unpaired) electrons. The summed E-state index contributed by atoms with van der Waals surface area (Å²) in [5, 5.41) is 7.33. The number of hydrogen-bond acceptors (Lipinski definition) is 6. The SMILES string of the molecule is Cc1ccccc1CSCCNC(=O)C1CCCN(Cc2nc(-c3ccc(C(C)(C)C)cc3)no2)C1. The second-order valence-corrected chi connectivity index (χ2v) is 11.8. The Morgan fingerprint density at radius 3 is 2.69 bits per heavy atom. The van der Waals surface area contributed by atoms with Crippen LogP contribution in [-0.2, 0) is 22.5 Å². The molecule has 6 nitrogen and oxygen atoms in total. The van der Waals surface area contributed by atoms with E-state index >= 15 is 0 Å². The maximum atomic E-state index is 12.8. The first-order valence-electron chi connectivity index (χ1n) is 12.9. The van der Waals surface area contributed by atoms with Crippen LogP contribution < -0.4 is 5.32 Å². The van der Waals surface area contributed by atoms with E-state index in [1.54, 1.807) is 0 Å². The molecule has 1 unspecified atom stereocenters. The number of amides is 1. The van der Waals surface area contributed by atoms with Gasteiger partial charge in [-0.1, -0.05) is 74.5 Å². The minimum absolute atomic E-state index is 0.00690. The number of hydrogen-bond donors (Lipinski definition) is 1. The molecular weight excluding hydrogens is 468 g/mol. The summed E-state index contributed by atoms with van der Waals surface area (Å²) >= 11 is 1.86. The van der Waals surface area contributed by atoms with Gasteiger partial charge in [0.25, 0.3) is 0 Å². The highest BCUT2D eigenvalue weighted by Gasteiger charge is 2.26. The number of benzene rings is 2. The summed E-state index contributed by atoms with van der Waals surface area (Å²) < 4.78 is 5.55. The molecule has 1 amide bonds. The Labute approximate surface area is 219 Å². The smallest absolute Gasteiger partial charge is 0.241 e. The lowest BCUT2D eigenvalue weighted by molar-refractivity contribution is -0.126. The number of rotatable bonds is 9. The Hall–Kier alpha value is -2.64. The molecule has 36 heavy (non-hydrogen) atoms. The van der Waals surface area contributed by atoms with E-state index in [1.165, 1.54) is 16.7 Å². The standard InChI is InChI=1S/C29H38N4O2S/c1-21-8-5-6-9-24(21)20-36-17-15-30-28(34)23-10-7-16-33(18-23)19-26-31-27(32-35-26)22-11-13-25(14-12-22)29(2,3)4/h5-6,8-9,11-14,23H,7,10,15-20H2,1-4H3,(H,30,34). The number of aromatic nitrogens is 2. The predicted octanol–water partition coefficient (Wildman–Crippen LogP) is 5.60. The summed E-state index contributed by atoms with van der Waals surface area (Å²) in [7, 11) is 0. The Bertz CT molecular complexity index is 1140. The van der Waals surface area contributed by atoms with Gasteiger partial charge in [-0.25, -0.2) is 0 Å². The molecule has 2 heterocycles. The first-order valence-corrected chi connectivity index (χ1v) is 14.0. The predicted molar refractivity (Wildman–Crippen MR) is 147 cm³/mol. The lowest BCUT2D eigenvalue weighted by Gasteiger charge is -2.30. The molecule has 2 aromatic carbocycles. The van der Waals surface area contributed by atoms with Crippen molar-refractivity contribution in [3.05, 3.63) is 71.1 Å². The van der Waals surface area contributed by atoms with Crippen LogP contribution in [0.5, 0.6) is 0 Å². The zero-order valence-corrected chi connectivity index (χ0v) is 22.7. The van der Waals surface area contributed by atoms with E-state index in [-0.39, 0.29) is 17.2 Å². The van der Waals surface area contributed by atoms with E-state index in [0.29, 0.717) is 24.8 Å². The van der Waals surface area contributed by atoms with Gasteiger partial charge in [0.15, 0.2) is 0 Å². The van der Waals surface area contributed by atoms with Gasteiger partial charge in [-0.3, -0.25) is 9.69 Å². The summed E-state index contributed by atoms with van der Waals surface area (Å²) in [5.41, 5.74) is 5.02. The zero-order chi connectivity index (χ0) is 25.5. The molecular formula is C29H38N4O2S. The van der Waals surface area contributed by atoms with Crippen molar-refractivity contribution in [1.82, 2.24) is 20.4 Å². The number of likely N-dealkylation sites (tertiary alicyclic amines) is 1. The van der Waals surface area contributed by atoms with Gasteiger partial charge in [-0.2, -0.15) is 16.7 Å². The fourth-order valence-corrected chi connectivity index (χ4v) is 5.44. The average Bonchev–Trinajstić information content (AvgIpc) is 3.33. The number of carbonyl (C=O) groups excluding carboxylic acids is 1. The monoisotopic (exact) mass is 506 g/mol. The van der Waals surface area contributed by atoms with Crippen molar-refractivity contribution < 1.29 is 9.32 Å². The van der Waals surface area contributed by atoms with Crippen LogP contribution in [0.15, 0.2) is 53.1 Å². The third-order valence-corrected chi connectivity index (χ3v) is 7.78. The molecule has 4 rings (SSSR count). The molecule has 0 spiro atoms. The van der Waals surface area contributed by atoms with Crippen LogP contribution in [0.1, 0.15) is 56.2 Å². The van der Waals surface area contributed by atoms with E-state index in [1.807, 2.05) is 11.8 Å². The lowest BCUT2D eigenvalue weighted by Crippen LogP contribution is -2.43. The highest BCUT2D eigenvalue weighted by Crippen LogP contribution is 2.25. The van der Waals surface area contributed by atoms with E-state index < -0.39 is 0 Å². The minimum atomic E-state index is 0.00690. The molecule has 0 aliphatic carbocycles. The molecule has 1 saturated heterocycles. The Balaban J connectivity index is 1.22. The van der Waals surface area contributed by atoms with Crippen LogP contribution in [0.3, 0.4) is 0 Å². The van der Waals surface area contributed by atoms with Crippen molar-refractivity contribution in [2.24, 2.45) is 5.92 Å². The van der Waals surface area contributed by atoms with Crippen LogP contribution in [-0.4, -0.2) is 46.3 Å². The van der Waals surface area contributed by atoms with Gasteiger partial charge in [0.05, 0.1) is 12.5 Å². The number of nitrogens with zero attached hydrogens (tertiary/aromatic N) is 3. The van der Waals surface area contributed by atoms with Crippen molar-refractivity contribution in [2.45, 2.75) is 58.2 Å². The van der Waals surface area contributed by atoms with Crippen molar-refractivity contribution in [1.29, 1.82) is 0 Å². The van der Waals surface area contributed by atoms with E-state index in [9.17, 15) is 4.79 Å². The molecule has 0 bridgehead atoms. The largest absolute Gasteiger partial charge is 0.355 e. The molecule has 0 saturated carbocycles. The quantitative estimate of drug-likeness (QED) is 0.381. The molecule has 3 aromatic rings. The van der Waals surface area contributed by atoms with E-state index in [0.717, 1.165) is 43.0 Å². The van der Waals surface area contributed by atoms with E-state index in [4.69, 9.17) is 4.52 Å². The van der Waals surface area contributed by atoms with Gasteiger partial charge < -0.3 is 9.84 Å². The van der Waals surface area contributed by atoms with Crippen LogP contribution in [0, 0.1) is 12.8 Å². The summed E-state index contributed by atoms with van der Waals surface area (Å²) in [6.07, 6.45) is 1.92. The first kappa shape index (κ1) is 26.4. The van der Waals surface area contributed by atoms with Gasteiger partial charge in [-0.15, -0.1) is 0 Å². The van der Waals surface area contributed by atoms with Gasteiger partial charge in [0.1, 0.15) is 0 Å². The molecule has 1 aromatic heterocycles. The highest BCUT2D eigenvalue weighted by molar-refractivity contribution is 7.98. The maximum absolute atomic E-state index is 12.8. The second-order valence-electron chi connectivity index (χ2n) is 10.7. The molecule has 1 aliphatic rings. The fraction of sp³-hybridized carbons (Fsp3) is 0.483. The Morgan fingerprint density at radius 1 is 1.17 bits per heavy atom. The van der Waals surface area contributed by atoms with Crippen LogP contribution in [0.2, 0.25) is 0 Å². The van der Waals surface area contributed by atoms with Gasteiger partial charge >= 0.3 is 0 Å². The number of carbonyl (C=O) groups is 1. The molecule has 7 heteroatoms. The zero-order valence-electron chi connectivity index (χ0n) is 21.9. The van der Waals surface area contributed by atoms with E-state index in [2.05, 4.69) is 96.6 Å². The van der Waals surface area contributed by atoms with Crippen LogP contribution >= 0.6 is 11.8 Å². The Kier molecular flexibility index (Phi) is 8.86. The number of thioether (sulfide) groups is 1. The average molecular weight is 507 g/mol. The van der Waals surface area contributed by atoms with Crippen molar-refractivity contribution in [3.63, 3.8) is 0 Å². The molecule has 192 valence electrons. The van der Waals surface area contributed by atoms with Gasteiger partial charge in [-0.05, 0) is 48.4 Å². The topological polar surface area (TPSA) is 71.3 Å². The van der Waals surface area contributed by atoms with Crippen molar-refractivity contribution in [2.75, 3.05) is 25.4 Å². The number of piperidine rings is 1. The third-order valence-electron chi connectivity index (χ3n) is 6.78. The normalized spacial score (nSPS) is 16.7. The van der Waals surface area contributed by atoms with Crippen LogP contribution in [0.25, 0.3) is 11.4 Å². The van der Waals surface area contributed by atoms with Crippen LogP contribution in [0.4, 0.5) is 0 Å². The van der Waals surface area contributed by atoms with Gasteiger partial charge in [0, 0.05) is 30.2 Å². The minimum Gasteiger partial charge on any atom is -0.355 e. The summed E-state index contributed by atoms with van der Waals surface area (Å²) in [5.74, 6) is 3.26.